The first-order chi connectivity index (χ1) is 13.7. The van der Waals surface area contributed by atoms with Gasteiger partial charge in [-0.15, -0.1) is 0 Å². The average molecular weight is 421 g/mol. The number of methoxy groups -OCH3 is 3. The van der Waals surface area contributed by atoms with Crippen molar-refractivity contribution < 1.29 is 42.0 Å². The fraction of sp³-hybridized carbons (Fsp3) is 0.632. The number of carbonyl (C=O) groups is 1. The quantitative estimate of drug-likeness (QED) is 0.783. The summed E-state index contributed by atoms with van der Waals surface area (Å²) in [6.07, 6.45) is -2.45. The Balaban J connectivity index is 0.000000370. The van der Waals surface area contributed by atoms with E-state index in [1.54, 1.807) is 21.3 Å². The molecule has 0 spiro atoms. The van der Waals surface area contributed by atoms with Gasteiger partial charge in [0.25, 0.3) is 0 Å². The molecule has 2 fully saturated rings. The second-order valence-corrected chi connectivity index (χ2v) is 6.75. The Kier molecular flexibility index (Phi) is 8.12. The third kappa shape index (κ3) is 6.22. The molecule has 1 aliphatic carbocycles. The predicted octanol–water partition coefficient (Wildman–Crippen LogP) is 2.72. The zero-order valence-corrected chi connectivity index (χ0v) is 16.6. The van der Waals surface area contributed by atoms with E-state index in [1.807, 2.05) is 6.07 Å². The number of carboxylic acids is 1. The first-order valence-corrected chi connectivity index (χ1v) is 9.10. The highest BCUT2D eigenvalue weighted by molar-refractivity contribution is 5.73. The Morgan fingerprint density at radius 1 is 1.17 bits per heavy atom. The van der Waals surface area contributed by atoms with Crippen LogP contribution in [0.15, 0.2) is 18.2 Å². The maximum Gasteiger partial charge on any atom is 0.490 e. The number of benzene rings is 1. The molecule has 1 heterocycles. The van der Waals surface area contributed by atoms with Gasteiger partial charge >= 0.3 is 12.1 Å². The minimum absolute atomic E-state index is 0.200. The number of alkyl halides is 3. The van der Waals surface area contributed by atoms with Crippen molar-refractivity contribution >= 4 is 5.97 Å². The second-order valence-electron chi connectivity index (χ2n) is 6.75. The van der Waals surface area contributed by atoms with Gasteiger partial charge in [-0.3, -0.25) is 4.90 Å². The van der Waals surface area contributed by atoms with Crippen molar-refractivity contribution in [2.75, 3.05) is 34.5 Å². The summed E-state index contributed by atoms with van der Waals surface area (Å²) in [7, 11) is 5.15. The van der Waals surface area contributed by atoms with E-state index < -0.39 is 12.1 Å². The number of halogens is 3. The van der Waals surface area contributed by atoms with E-state index in [0.717, 1.165) is 44.0 Å². The number of morpholine rings is 1. The molecule has 1 saturated heterocycles. The Hall–Kier alpha value is -2.04. The molecule has 2 aliphatic rings. The topological polar surface area (TPSA) is 77.5 Å². The van der Waals surface area contributed by atoms with Crippen LogP contribution in [0.3, 0.4) is 0 Å². The summed E-state index contributed by atoms with van der Waals surface area (Å²) >= 11 is 0. The van der Waals surface area contributed by atoms with E-state index in [9.17, 15) is 13.2 Å². The molecule has 29 heavy (non-hydrogen) atoms. The van der Waals surface area contributed by atoms with E-state index in [1.165, 1.54) is 5.56 Å². The number of carboxylic acid groups (broad SMARTS) is 1. The van der Waals surface area contributed by atoms with Gasteiger partial charge in [0.05, 0.1) is 33.0 Å². The van der Waals surface area contributed by atoms with Crippen LogP contribution in [0.1, 0.15) is 18.4 Å². The van der Waals surface area contributed by atoms with E-state index in [0.29, 0.717) is 6.04 Å². The van der Waals surface area contributed by atoms with Gasteiger partial charge in [0.15, 0.2) is 0 Å². The molecule has 1 aromatic rings. The molecule has 1 aliphatic heterocycles. The van der Waals surface area contributed by atoms with Gasteiger partial charge in [-0.25, -0.2) is 4.79 Å². The molecule has 7 nitrogen and oxygen atoms in total. The minimum Gasteiger partial charge on any atom is -0.497 e. The van der Waals surface area contributed by atoms with Crippen LogP contribution in [0.5, 0.6) is 11.5 Å². The van der Waals surface area contributed by atoms with Crippen LogP contribution in [-0.2, 0) is 20.8 Å². The van der Waals surface area contributed by atoms with E-state index in [4.69, 9.17) is 28.8 Å². The smallest absolute Gasteiger partial charge is 0.490 e. The molecule has 1 N–H and O–H groups in total. The van der Waals surface area contributed by atoms with Gasteiger partial charge in [-0.2, -0.15) is 13.2 Å². The summed E-state index contributed by atoms with van der Waals surface area (Å²) in [5.74, 6) is -1.09. The van der Waals surface area contributed by atoms with Crippen LogP contribution in [0.4, 0.5) is 13.2 Å². The third-order valence-corrected chi connectivity index (χ3v) is 4.99. The van der Waals surface area contributed by atoms with Crippen LogP contribution < -0.4 is 9.47 Å². The molecule has 0 bridgehead atoms. The number of rotatable bonds is 5. The Bertz CT molecular complexity index is 662. The van der Waals surface area contributed by atoms with Crippen LogP contribution in [-0.4, -0.2) is 74.9 Å². The zero-order valence-electron chi connectivity index (χ0n) is 16.6. The third-order valence-electron chi connectivity index (χ3n) is 4.99. The average Bonchev–Trinajstić information content (AvgIpc) is 3.11. The lowest BCUT2D eigenvalue weighted by Crippen LogP contribution is -2.51. The van der Waals surface area contributed by atoms with Crippen molar-refractivity contribution in [1.82, 2.24) is 4.90 Å². The summed E-state index contributed by atoms with van der Waals surface area (Å²) < 4.78 is 54.0. The highest BCUT2D eigenvalue weighted by Gasteiger charge is 2.42. The summed E-state index contributed by atoms with van der Waals surface area (Å²) in [5, 5.41) is 7.12. The van der Waals surface area contributed by atoms with Crippen molar-refractivity contribution in [2.45, 2.75) is 43.8 Å². The number of aliphatic carboxylic acids is 1. The number of ether oxygens (including phenoxy) is 4. The van der Waals surface area contributed by atoms with Gasteiger partial charge < -0.3 is 24.1 Å². The zero-order chi connectivity index (χ0) is 21.6. The van der Waals surface area contributed by atoms with E-state index in [2.05, 4.69) is 17.0 Å². The van der Waals surface area contributed by atoms with Crippen molar-refractivity contribution in [3.8, 4) is 11.5 Å². The van der Waals surface area contributed by atoms with E-state index in [-0.39, 0.29) is 12.2 Å². The minimum atomic E-state index is -5.08. The highest BCUT2D eigenvalue weighted by atomic mass is 19.4. The predicted molar refractivity (Wildman–Crippen MR) is 97.2 cm³/mol. The van der Waals surface area contributed by atoms with Gasteiger partial charge in [0, 0.05) is 32.3 Å². The molecule has 3 atom stereocenters. The molecule has 1 aromatic carbocycles. The van der Waals surface area contributed by atoms with Crippen LogP contribution >= 0.6 is 0 Å². The molecule has 0 aromatic heterocycles. The van der Waals surface area contributed by atoms with Gasteiger partial charge in [-0.05, 0) is 30.5 Å². The fourth-order valence-corrected chi connectivity index (χ4v) is 3.63. The number of hydrogen-bond donors (Lipinski definition) is 1. The molecule has 3 rings (SSSR count). The monoisotopic (exact) mass is 421 g/mol. The van der Waals surface area contributed by atoms with Crippen LogP contribution in [0.25, 0.3) is 0 Å². The first-order valence-electron chi connectivity index (χ1n) is 9.10. The van der Waals surface area contributed by atoms with Gasteiger partial charge in [0.1, 0.15) is 11.5 Å². The SMILES string of the molecule is COc1cc(CN2CCO[C@H]3[C@H](OC)CC[C@@H]32)cc(OC)c1.O=C(O)C(F)(F)F. The Morgan fingerprint density at radius 2 is 1.76 bits per heavy atom. The normalized spacial score (nSPS) is 24.3. The molecular formula is C19H26F3NO6. The van der Waals surface area contributed by atoms with Crippen molar-refractivity contribution in [3.05, 3.63) is 23.8 Å². The molecule has 1 saturated carbocycles. The lowest BCUT2D eigenvalue weighted by molar-refractivity contribution is -0.192. The lowest BCUT2D eigenvalue weighted by Gasteiger charge is -2.39. The van der Waals surface area contributed by atoms with Crippen molar-refractivity contribution in [3.63, 3.8) is 0 Å². The number of fused-ring (bicyclic) bond motifs is 1. The van der Waals surface area contributed by atoms with Crippen LogP contribution in [0.2, 0.25) is 0 Å². The number of hydrogen-bond acceptors (Lipinski definition) is 6. The van der Waals surface area contributed by atoms with Gasteiger partial charge in [-0.1, -0.05) is 0 Å². The molecular weight excluding hydrogens is 395 g/mol. The summed E-state index contributed by atoms with van der Waals surface area (Å²) in [6.45, 7) is 2.60. The second kappa shape index (κ2) is 10.1. The van der Waals surface area contributed by atoms with Crippen LogP contribution in [0, 0.1) is 0 Å². The maximum atomic E-state index is 10.6. The standard InChI is InChI=1S/C17H25NO4.C2HF3O2/c1-19-13-8-12(9-14(10-13)20-2)11-18-6-7-22-17-15(18)4-5-16(17)21-3;3-2(4,5)1(6)7/h8-10,15-17H,4-7,11H2,1-3H3;(H,6,7)/t15-,16+,17+;/m0./s1. The summed E-state index contributed by atoms with van der Waals surface area (Å²) in [4.78, 5) is 11.4. The van der Waals surface area contributed by atoms with Gasteiger partial charge in [0.2, 0.25) is 0 Å². The molecule has 0 radical (unpaired) electrons. The largest absolute Gasteiger partial charge is 0.497 e. The van der Waals surface area contributed by atoms with Crippen molar-refractivity contribution in [1.29, 1.82) is 0 Å². The molecule has 0 unspecified atom stereocenters. The summed E-state index contributed by atoms with van der Waals surface area (Å²) in [5.41, 5.74) is 1.21. The fourth-order valence-electron chi connectivity index (χ4n) is 3.63. The summed E-state index contributed by atoms with van der Waals surface area (Å²) in [6, 6.07) is 6.50. The van der Waals surface area contributed by atoms with E-state index >= 15 is 0 Å². The van der Waals surface area contributed by atoms with Crippen molar-refractivity contribution in [2.24, 2.45) is 0 Å². The Labute approximate surface area is 167 Å². The first kappa shape index (κ1) is 23.2. The Morgan fingerprint density at radius 3 is 2.24 bits per heavy atom. The molecule has 10 heteroatoms. The maximum absolute atomic E-state index is 10.6. The lowest BCUT2D eigenvalue weighted by atomic mass is 10.1. The molecule has 0 amide bonds. The number of nitrogens with zero attached hydrogens (tertiary/aromatic N) is 1. The molecule has 164 valence electrons. The highest BCUT2D eigenvalue weighted by Crippen LogP contribution is 2.33.